The van der Waals surface area contributed by atoms with Gasteiger partial charge in [0.2, 0.25) is 0 Å². The molecule has 0 saturated heterocycles. The first-order chi connectivity index (χ1) is 5.81. The molecule has 0 unspecified atom stereocenters. The Labute approximate surface area is 90.6 Å². The zero-order valence-corrected chi connectivity index (χ0v) is 11.1. The van der Waals surface area contributed by atoms with Gasteiger partial charge in [0.15, 0.2) is 0 Å². The summed E-state index contributed by atoms with van der Waals surface area (Å²) in [6.07, 6.45) is 9.30. The molecule has 0 saturated carbocycles. The summed E-state index contributed by atoms with van der Waals surface area (Å²) in [6, 6.07) is 0. The molecule has 0 aromatic heterocycles. The van der Waals surface area contributed by atoms with E-state index >= 15 is 0 Å². The van der Waals surface area contributed by atoms with Crippen molar-refractivity contribution in [2.45, 2.75) is 51.9 Å². The van der Waals surface area contributed by atoms with E-state index in [9.17, 15) is 0 Å². The molecule has 0 aliphatic heterocycles. The third kappa shape index (κ3) is 9.00. The Hall–Kier alpha value is 0.909. The van der Waals surface area contributed by atoms with E-state index in [1.54, 1.807) is 0 Å². The summed E-state index contributed by atoms with van der Waals surface area (Å²) >= 11 is 8.05. The van der Waals surface area contributed by atoms with E-state index in [-0.39, 0.29) is 0 Å². The molecule has 0 fully saturated rings. The molecule has 0 heterocycles. The molecule has 70 valence electrons. The Morgan fingerprint density at radius 1 is 1.17 bits per heavy atom. The van der Waals surface area contributed by atoms with Crippen LogP contribution >= 0.6 is 19.0 Å². The fraction of sp³-hybridized carbons (Fsp3) is 0.889. The first-order valence-electron chi connectivity index (χ1n) is 4.67. The van der Waals surface area contributed by atoms with Crippen molar-refractivity contribution >= 4 is 38.7 Å². The summed E-state index contributed by atoms with van der Waals surface area (Å²) in [7, 11) is 0. The van der Waals surface area contributed by atoms with Gasteiger partial charge in [-0.15, -0.1) is 0 Å². The number of thiocarbonyl (C=S) groups is 1. The Morgan fingerprint density at radius 2 is 1.75 bits per heavy atom. The molecule has 0 N–H and O–H groups in total. The summed E-state index contributed by atoms with van der Waals surface area (Å²) in [6.45, 7) is 3.43. The van der Waals surface area contributed by atoms with Crippen LogP contribution in [0.4, 0.5) is 0 Å². The maximum absolute atomic E-state index is 5.11. The van der Waals surface area contributed by atoms with Crippen molar-refractivity contribution in [2.24, 2.45) is 0 Å². The molecule has 0 rings (SSSR count). The van der Waals surface area contributed by atoms with Crippen molar-refractivity contribution in [1.82, 2.24) is 0 Å². The number of unbranched alkanes of at least 4 members (excludes halogenated alkanes) is 5. The van der Waals surface area contributed by atoms with Gasteiger partial charge in [0.05, 0.1) is 0 Å². The topological polar surface area (TPSA) is 0 Å². The van der Waals surface area contributed by atoms with Crippen LogP contribution in [-0.4, -0.2) is 19.7 Å². The average Bonchev–Trinajstić information content (AvgIpc) is 2.10. The first kappa shape index (κ1) is 12.9. The number of hydrogen-bond acceptors (Lipinski definition) is 1. The van der Waals surface area contributed by atoms with E-state index < -0.39 is 0 Å². The molecule has 3 heteroatoms. The molecule has 0 nitrogen and oxygen atoms in total. The van der Waals surface area contributed by atoms with Crippen LogP contribution in [0.25, 0.3) is 0 Å². The van der Waals surface area contributed by atoms with E-state index in [1.807, 2.05) is 0 Å². The van der Waals surface area contributed by atoms with Gasteiger partial charge in [-0.2, -0.15) is 0 Å². The van der Waals surface area contributed by atoms with Gasteiger partial charge in [0.25, 0.3) is 0 Å². The minimum absolute atomic E-state index is 1.13. The fourth-order valence-corrected chi connectivity index (χ4v) is 2.07. The van der Waals surface area contributed by atoms with E-state index in [0.29, 0.717) is 0 Å². The standard InChI is InChI=1S/C9H17PSSe/c1-2-3-4-5-6-7-8-9(11)10-12/h2-8H2,1H3. The Bertz CT molecular complexity index is 136. The van der Waals surface area contributed by atoms with Crippen molar-refractivity contribution in [2.75, 3.05) is 0 Å². The van der Waals surface area contributed by atoms with Crippen LogP contribution in [0.2, 0.25) is 0 Å². The molecule has 0 radical (unpaired) electrons. The second kappa shape index (κ2) is 9.99. The SMILES string of the molecule is CCCCCCCCC(=S)P=[Se]. The molecule has 0 bridgehead atoms. The first-order valence-corrected chi connectivity index (χ1v) is 8.19. The van der Waals surface area contributed by atoms with Gasteiger partial charge < -0.3 is 0 Å². The summed E-state index contributed by atoms with van der Waals surface area (Å²) in [4.78, 5) is 0. The van der Waals surface area contributed by atoms with Crippen LogP contribution in [0.5, 0.6) is 0 Å². The molecular formula is C9H17PSSe. The van der Waals surface area contributed by atoms with Gasteiger partial charge >= 0.3 is 90.6 Å². The van der Waals surface area contributed by atoms with Gasteiger partial charge in [0.1, 0.15) is 0 Å². The molecule has 0 aliphatic rings. The molecule has 0 aliphatic carbocycles. The van der Waals surface area contributed by atoms with Crippen LogP contribution in [0.3, 0.4) is 0 Å². The van der Waals surface area contributed by atoms with Crippen molar-refractivity contribution in [3.63, 3.8) is 0 Å². The average molecular weight is 267 g/mol. The van der Waals surface area contributed by atoms with Crippen LogP contribution in [0.15, 0.2) is 0 Å². The monoisotopic (exact) mass is 268 g/mol. The molecule has 0 atom stereocenters. The summed E-state index contributed by atoms with van der Waals surface area (Å²) in [5.41, 5.74) is 0. The van der Waals surface area contributed by atoms with Crippen molar-refractivity contribution < 1.29 is 0 Å². The molecule has 12 heavy (non-hydrogen) atoms. The van der Waals surface area contributed by atoms with E-state index in [4.69, 9.17) is 12.2 Å². The third-order valence-corrected chi connectivity index (χ3v) is 4.92. The Kier molecular flexibility index (Phi) is 10.8. The molecule has 0 aromatic rings. The van der Waals surface area contributed by atoms with Gasteiger partial charge in [-0.05, 0) is 0 Å². The molecule has 0 aromatic carbocycles. The molecule has 0 amide bonds. The molecule has 0 spiro atoms. The van der Waals surface area contributed by atoms with Crippen molar-refractivity contribution in [3.8, 4) is 0 Å². The van der Waals surface area contributed by atoms with Crippen molar-refractivity contribution in [1.29, 1.82) is 0 Å². The van der Waals surface area contributed by atoms with Gasteiger partial charge in [-0.3, -0.25) is 0 Å². The predicted molar refractivity (Wildman–Crippen MR) is 63.3 cm³/mol. The maximum atomic E-state index is 5.11. The predicted octanol–water partition coefficient (Wildman–Crippen LogP) is 4.09. The Morgan fingerprint density at radius 3 is 2.33 bits per heavy atom. The minimum atomic E-state index is 1.13. The van der Waals surface area contributed by atoms with Crippen LogP contribution < -0.4 is 0 Å². The van der Waals surface area contributed by atoms with Crippen LogP contribution in [-0.2, 0) is 0 Å². The van der Waals surface area contributed by atoms with Crippen molar-refractivity contribution in [3.05, 3.63) is 0 Å². The number of rotatable bonds is 8. The summed E-state index contributed by atoms with van der Waals surface area (Å²) in [5.74, 6) is 0. The van der Waals surface area contributed by atoms with E-state index in [1.165, 1.54) is 50.0 Å². The second-order valence-electron chi connectivity index (χ2n) is 3.00. The summed E-state index contributed by atoms with van der Waals surface area (Å²) < 4.78 is 1.17. The normalized spacial score (nSPS) is 10.4. The fourth-order valence-electron chi connectivity index (χ4n) is 1.10. The molecular weight excluding hydrogens is 250 g/mol. The van der Waals surface area contributed by atoms with Crippen LogP contribution in [0, 0.1) is 0 Å². The Balaban J connectivity index is 3.00. The zero-order valence-electron chi connectivity index (χ0n) is 7.71. The summed E-state index contributed by atoms with van der Waals surface area (Å²) in [5, 5.41) is 0. The third-order valence-electron chi connectivity index (χ3n) is 1.85. The van der Waals surface area contributed by atoms with Crippen LogP contribution in [0.1, 0.15) is 51.9 Å². The zero-order chi connectivity index (χ0) is 9.23. The van der Waals surface area contributed by atoms with Gasteiger partial charge in [-0.25, -0.2) is 0 Å². The quantitative estimate of drug-likeness (QED) is 0.276. The van der Waals surface area contributed by atoms with E-state index in [2.05, 4.69) is 22.0 Å². The second-order valence-corrected chi connectivity index (χ2v) is 5.67. The van der Waals surface area contributed by atoms with Gasteiger partial charge in [0, 0.05) is 0 Å². The van der Waals surface area contributed by atoms with Gasteiger partial charge in [-0.1, -0.05) is 0 Å². The van der Waals surface area contributed by atoms with E-state index in [0.717, 1.165) is 6.42 Å². The number of hydrogen-bond donors (Lipinski definition) is 0.